The van der Waals surface area contributed by atoms with Crippen molar-refractivity contribution in [3.05, 3.63) is 90.4 Å². The first-order valence-electron chi connectivity index (χ1n) is 10.9. The Morgan fingerprint density at radius 2 is 1.91 bits per heavy atom. The highest BCUT2D eigenvalue weighted by Gasteiger charge is 2.20. The fourth-order valence-corrected chi connectivity index (χ4v) is 4.54. The van der Waals surface area contributed by atoms with Crippen molar-refractivity contribution >= 4 is 28.6 Å². The average Bonchev–Trinajstić information content (AvgIpc) is 3.51. The van der Waals surface area contributed by atoms with Crippen molar-refractivity contribution in [3.8, 4) is 22.8 Å². The van der Waals surface area contributed by atoms with Gasteiger partial charge in [0.15, 0.2) is 11.0 Å². The second-order valence-electron chi connectivity index (χ2n) is 7.78. The average molecular weight is 488 g/mol. The van der Waals surface area contributed by atoms with E-state index in [4.69, 9.17) is 4.74 Å². The summed E-state index contributed by atoms with van der Waals surface area (Å²) in [4.78, 5) is 15.8. The molecule has 0 atom stereocenters. The molecule has 3 aromatic carbocycles. The molecule has 1 amide bonds. The first-order chi connectivity index (χ1) is 17.1. The summed E-state index contributed by atoms with van der Waals surface area (Å²) in [6.45, 7) is 0.322. The third-order valence-corrected chi connectivity index (χ3v) is 6.44. The number of benzene rings is 3. The van der Waals surface area contributed by atoms with Crippen LogP contribution in [-0.2, 0) is 11.3 Å². The van der Waals surface area contributed by atoms with Gasteiger partial charge in [0.25, 0.3) is 0 Å². The van der Waals surface area contributed by atoms with Crippen molar-refractivity contribution in [2.24, 2.45) is 0 Å². The number of fused-ring (bicyclic) bond motifs is 1. The van der Waals surface area contributed by atoms with Crippen LogP contribution in [0.2, 0.25) is 0 Å². The first-order valence-corrected chi connectivity index (χ1v) is 11.9. The van der Waals surface area contributed by atoms with Crippen molar-refractivity contribution in [1.29, 1.82) is 0 Å². The van der Waals surface area contributed by atoms with E-state index >= 15 is 0 Å². The molecule has 2 heterocycles. The SMILES string of the molecule is COc1cccc(-n2c(SCC(=O)NCc3ccc(F)cc3)nnc2-c2c[nH]c3ccccc23)c1. The van der Waals surface area contributed by atoms with Gasteiger partial charge >= 0.3 is 0 Å². The molecular weight excluding hydrogens is 465 g/mol. The van der Waals surface area contributed by atoms with Gasteiger partial charge in [-0.15, -0.1) is 10.2 Å². The lowest BCUT2D eigenvalue weighted by molar-refractivity contribution is -0.118. The number of aromatic nitrogens is 4. The quantitative estimate of drug-likeness (QED) is 0.302. The number of carbonyl (C=O) groups is 1. The largest absolute Gasteiger partial charge is 0.497 e. The van der Waals surface area contributed by atoms with Gasteiger partial charge in [-0.1, -0.05) is 48.2 Å². The van der Waals surface area contributed by atoms with Crippen molar-refractivity contribution in [2.45, 2.75) is 11.7 Å². The van der Waals surface area contributed by atoms with Crippen molar-refractivity contribution < 1.29 is 13.9 Å². The lowest BCUT2D eigenvalue weighted by Crippen LogP contribution is -2.24. The van der Waals surface area contributed by atoms with E-state index in [2.05, 4.69) is 20.5 Å². The van der Waals surface area contributed by atoms with Gasteiger partial charge in [-0.25, -0.2) is 4.39 Å². The van der Waals surface area contributed by atoms with Crippen LogP contribution in [0.1, 0.15) is 5.56 Å². The van der Waals surface area contributed by atoms with Gasteiger partial charge in [0, 0.05) is 35.3 Å². The molecular formula is C26H22FN5O2S. The Kier molecular flexibility index (Phi) is 6.49. The van der Waals surface area contributed by atoms with E-state index in [0.717, 1.165) is 27.7 Å². The second-order valence-corrected chi connectivity index (χ2v) is 8.73. The fourth-order valence-electron chi connectivity index (χ4n) is 3.76. The molecule has 2 N–H and O–H groups in total. The summed E-state index contributed by atoms with van der Waals surface area (Å²) in [5.74, 6) is 1.04. The van der Waals surface area contributed by atoms with Gasteiger partial charge in [-0.3, -0.25) is 9.36 Å². The van der Waals surface area contributed by atoms with E-state index in [1.807, 2.05) is 59.3 Å². The number of methoxy groups -OCH3 is 1. The molecule has 0 radical (unpaired) electrons. The van der Waals surface area contributed by atoms with Gasteiger partial charge < -0.3 is 15.0 Å². The minimum Gasteiger partial charge on any atom is -0.497 e. The van der Waals surface area contributed by atoms with Gasteiger partial charge in [0.1, 0.15) is 11.6 Å². The van der Waals surface area contributed by atoms with E-state index in [0.29, 0.717) is 23.3 Å². The summed E-state index contributed by atoms with van der Waals surface area (Å²) >= 11 is 1.29. The molecule has 0 aliphatic heterocycles. The molecule has 35 heavy (non-hydrogen) atoms. The normalized spacial score (nSPS) is 11.0. The van der Waals surface area contributed by atoms with Gasteiger partial charge in [-0.2, -0.15) is 0 Å². The predicted molar refractivity (Wildman–Crippen MR) is 134 cm³/mol. The Balaban J connectivity index is 1.42. The topological polar surface area (TPSA) is 84.8 Å². The van der Waals surface area contributed by atoms with E-state index in [1.165, 1.54) is 23.9 Å². The number of ether oxygens (including phenoxy) is 1. The van der Waals surface area contributed by atoms with Crippen molar-refractivity contribution in [3.63, 3.8) is 0 Å². The molecule has 0 spiro atoms. The number of thioether (sulfide) groups is 1. The standard InChI is InChI=1S/C26H22FN5O2S/c1-34-20-6-4-5-19(13-20)32-25(22-15-28-23-8-3-2-7-21(22)23)30-31-26(32)35-16-24(33)29-14-17-9-11-18(27)12-10-17/h2-13,15,28H,14,16H2,1H3,(H,29,33). The van der Waals surface area contributed by atoms with E-state index < -0.39 is 0 Å². The molecule has 0 fully saturated rings. The fraction of sp³-hybridized carbons (Fsp3) is 0.115. The third-order valence-electron chi connectivity index (χ3n) is 5.51. The van der Waals surface area contributed by atoms with Crippen LogP contribution >= 0.6 is 11.8 Å². The van der Waals surface area contributed by atoms with Crippen LogP contribution in [0.25, 0.3) is 28.0 Å². The molecule has 9 heteroatoms. The Labute approximate surface area is 205 Å². The molecule has 176 valence electrons. The van der Waals surface area contributed by atoms with Crippen LogP contribution in [-0.4, -0.2) is 38.5 Å². The minimum atomic E-state index is -0.307. The Hall–Kier alpha value is -4.11. The van der Waals surface area contributed by atoms with Crippen LogP contribution in [0, 0.1) is 5.82 Å². The van der Waals surface area contributed by atoms with Crippen LogP contribution in [0.4, 0.5) is 4.39 Å². The Morgan fingerprint density at radius 3 is 2.74 bits per heavy atom. The number of amides is 1. The molecule has 0 aliphatic carbocycles. The number of nitrogens with zero attached hydrogens (tertiary/aromatic N) is 3. The number of halogens is 1. The molecule has 0 saturated carbocycles. The molecule has 0 aliphatic rings. The van der Waals surface area contributed by atoms with Gasteiger partial charge in [0.2, 0.25) is 5.91 Å². The van der Waals surface area contributed by atoms with Crippen molar-refractivity contribution in [2.75, 3.05) is 12.9 Å². The van der Waals surface area contributed by atoms with E-state index in [1.54, 1.807) is 19.2 Å². The predicted octanol–water partition coefficient (Wildman–Crippen LogP) is 4.97. The number of carbonyl (C=O) groups excluding carboxylic acids is 1. The number of H-pyrrole nitrogens is 1. The zero-order valence-corrected chi connectivity index (χ0v) is 19.7. The van der Waals surface area contributed by atoms with Crippen LogP contribution in [0.3, 0.4) is 0 Å². The first kappa shape index (κ1) is 22.7. The van der Waals surface area contributed by atoms with Crippen LogP contribution in [0.5, 0.6) is 5.75 Å². The number of rotatable bonds is 8. The molecule has 2 aromatic heterocycles. The third kappa shape index (κ3) is 4.90. The molecule has 0 unspecified atom stereocenters. The van der Waals surface area contributed by atoms with E-state index in [-0.39, 0.29) is 17.5 Å². The summed E-state index contributed by atoms with van der Waals surface area (Å²) in [5.41, 5.74) is 3.55. The summed E-state index contributed by atoms with van der Waals surface area (Å²) in [7, 11) is 1.62. The number of hydrogen-bond donors (Lipinski definition) is 2. The molecule has 0 saturated heterocycles. The van der Waals surface area contributed by atoms with Crippen molar-refractivity contribution in [1.82, 2.24) is 25.1 Å². The Bertz CT molecular complexity index is 1480. The molecule has 5 aromatic rings. The maximum atomic E-state index is 13.1. The van der Waals surface area contributed by atoms with Crippen LogP contribution < -0.4 is 10.1 Å². The van der Waals surface area contributed by atoms with Crippen LogP contribution in [0.15, 0.2) is 84.1 Å². The minimum absolute atomic E-state index is 0.150. The number of nitrogens with one attached hydrogen (secondary N) is 2. The highest BCUT2D eigenvalue weighted by molar-refractivity contribution is 7.99. The smallest absolute Gasteiger partial charge is 0.230 e. The maximum Gasteiger partial charge on any atom is 0.230 e. The number of hydrogen-bond acceptors (Lipinski definition) is 5. The summed E-state index contributed by atoms with van der Waals surface area (Å²) in [6.07, 6.45) is 1.91. The number of para-hydroxylation sites is 1. The highest BCUT2D eigenvalue weighted by atomic mass is 32.2. The monoisotopic (exact) mass is 487 g/mol. The maximum absolute atomic E-state index is 13.1. The lowest BCUT2D eigenvalue weighted by Gasteiger charge is -2.11. The van der Waals surface area contributed by atoms with E-state index in [9.17, 15) is 9.18 Å². The number of aromatic amines is 1. The summed E-state index contributed by atoms with van der Waals surface area (Å²) in [5, 5.41) is 13.4. The Morgan fingerprint density at radius 1 is 1.09 bits per heavy atom. The summed E-state index contributed by atoms with van der Waals surface area (Å²) in [6, 6.07) is 21.7. The molecule has 5 rings (SSSR count). The highest BCUT2D eigenvalue weighted by Crippen LogP contribution is 2.33. The zero-order chi connectivity index (χ0) is 24.2. The zero-order valence-electron chi connectivity index (χ0n) is 18.9. The van der Waals surface area contributed by atoms with Gasteiger partial charge in [0.05, 0.1) is 18.6 Å². The summed E-state index contributed by atoms with van der Waals surface area (Å²) < 4.78 is 20.4. The lowest BCUT2D eigenvalue weighted by atomic mass is 10.1. The second kappa shape index (κ2) is 10.0. The van der Waals surface area contributed by atoms with Gasteiger partial charge in [-0.05, 0) is 35.9 Å². The molecule has 0 bridgehead atoms. The molecule has 7 nitrogen and oxygen atoms in total.